The van der Waals surface area contributed by atoms with Gasteiger partial charge in [-0.1, -0.05) is 12.2 Å². The van der Waals surface area contributed by atoms with Crippen molar-refractivity contribution in [1.82, 2.24) is 0 Å². The van der Waals surface area contributed by atoms with Crippen LogP contribution in [0.3, 0.4) is 0 Å². The standard InChI is InChI=1S/C7H8O4/c1-11-7(10)5-3-2-4-6(8)9/h2-5H,1H3,(H,8,9)/b4-2-,5-3+. The summed E-state index contributed by atoms with van der Waals surface area (Å²) in [6.45, 7) is 0. The third kappa shape index (κ3) is 6.30. The zero-order chi connectivity index (χ0) is 8.69. The number of carboxylic acids is 1. The molecule has 1 N–H and O–H groups in total. The average Bonchev–Trinajstić information content (AvgIpc) is 1.97. The van der Waals surface area contributed by atoms with Crippen LogP contribution in [-0.2, 0) is 14.3 Å². The Morgan fingerprint density at radius 3 is 2.27 bits per heavy atom. The molecule has 0 spiro atoms. The molecule has 60 valence electrons. The van der Waals surface area contributed by atoms with Crippen molar-refractivity contribution >= 4 is 11.9 Å². The van der Waals surface area contributed by atoms with Crippen molar-refractivity contribution in [2.24, 2.45) is 0 Å². The van der Waals surface area contributed by atoms with Gasteiger partial charge in [0, 0.05) is 12.2 Å². The molecule has 0 aromatic carbocycles. The van der Waals surface area contributed by atoms with Crippen LogP contribution in [0.15, 0.2) is 24.3 Å². The van der Waals surface area contributed by atoms with Gasteiger partial charge in [-0.2, -0.15) is 0 Å². The summed E-state index contributed by atoms with van der Waals surface area (Å²) in [6.07, 6.45) is 4.57. The molecule has 0 aliphatic carbocycles. The number of aliphatic carboxylic acids is 1. The van der Waals surface area contributed by atoms with Gasteiger partial charge in [-0.25, -0.2) is 9.59 Å². The first-order chi connectivity index (χ1) is 5.16. The highest BCUT2D eigenvalue weighted by molar-refractivity contribution is 5.83. The van der Waals surface area contributed by atoms with Crippen LogP contribution in [0.25, 0.3) is 0 Å². The second-order valence-electron chi connectivity index (χ2n) is 1.58. The van der Waals surface area contributed by atoms with E-state index in [1.54, 1.807) is 0 Å². The van der Waals surface area contributed by atoms with E-state index >= 15 is 0 Å². The first-order valence-electron chi connectivity index (χ1n) is 2.82. The van der Waals surface area contributed by atoms with Gasteiger partial charge in [0.25, 0.3) is 0 Å². The van der Waals surface area contributed by atoms with Gasteiger partial charge in [0.2, 0.25) is 0 Å². The molecule has 0 heterocycles. The first-order valence-corrected chi connectivity index (χ1v) is 2.82. The number of ether oxygens (including phenoxy) is 1. The Labute approximate surface area is 63.8 Å². The molecule has 0 aromatic heterocycles. The van der Waals surface area contributed by atoms with Crippen LogP contribution >= 0.6 is 0 Å². The molecule has 0 fully saturated rings. The smallest absolute Gasteiger partial charge is 0.330 e. The van der Waals surface area contributed by atoms with E-state index in [2.05, 4.69) is 4.74 Å². The Bertz CT molecular complexity index is 202. The van der Waals surface area contributed by atoms with E-state index in [1.807, 2.05) is 0 Å². The number of allylic oxidation sites excluding steroid dienone is 2. The molecule has 0 saturated carbocycles. The monoisotopic (exact) mass is 156 g/mol. The Balaban J connectivity index is 3.77. The van der Waals surface area contributed by atoms with Crippen LogP contribution in [0.4, 0.5) is 0 Å². The van der Waals surface area contributed by atoms with Crippen molar-refractivity contribution in [1.29, 1.82) is 0 Å². The molecule has 0 amide bonds. The van der Waals surface area contributed by atoms with Crippen LogP contribution in [0, 0.1) is 0 Å². The van der Waals surface area contributed by atoms with Crippen molar-refractivity contribution in [3.05, 3.63) is 24.3 Å². The molecule has 0 bridgehead atoms. The third-order valence-corrected chi connectivity index (χ3v) is 0.783. The van der Waals surface area contributed by atoms with Gasteiger partial charge in [-0.15, -0.1) is 0 Å². The lowest BCUT2D eigenvalue weighted by Crippen LogP contribution is -1.92. The Morgan fingerprint density at radius 1 is 1.27 bits per heavy atom. The van der Waals surface area contributed by atoms with Crippen LogP contribution in [0.1, 0.15) is 0 Å². The molecule has 11 heavy (non-hydrogen) atoms. The van der Waals surface area contributed by atoms with Crippen molar-refractivity contribution in [2.45, 2.75) is 0 Å². The van der Waals surface area contributed by atoms with Crippen LogP contribution in [0.5, 0.6) is 0 Å². The molecule has 0 atom stereocenters. The summed E-state index contributed by atoms with van der Waals surface area (Å²) in [5.74, 6) is -1.57. The Morgan fingerprint density at radius 2 is 1.82 bits per heavy atom. The lowest BCUT2D eigenvalue weighted by molar-refractivity contribution is -0.135. The van der Waals surface area contributed by atoms with Gasteiger partial charge in [0.1, 0.15) is 0 Å². The van der Waals surface area contributed by atoms with Gasteiger partial charge < -0.3 is 9.84 Å². The molecular formula is C7H8O4. The van der Waals surface area contributed by atoms with E-state index in [-0.39, 0.29) is 0 Å². The number of carbonyl (C=O) groups excluding carboxylic acids is 1. The highest BCUT2D eigenvalue weighted by Gasteiger charge is 1.87. The highest BCUT2D eigenvalue weighted by atomic mass is 16.5. The topological polar surface area (TPSA) is 63.6 Å². The second kappa shape index (κ2) is 5.22. The van der Waals surface area contributed by atoms with Gasteiger partial charge in [0.15, 0.2) is 0 Å². The normalized spacial score (nSPS) is 10.6. The number of carboxylic acid groups (broad SMARTS) is 1. The fourth-order valence-electron chi connectivity index (χ4n) is 0.340. The number of rotatable bonds is 3. The summed E-state index contributed by atoms with van der Waals surface area (Å²) in [4.78, 5) is 20.2. The van der Waals surface area contributed by atoms with E-state index in [4.69, 9.17) is 5.11 Å². The predicted octanol–water partition coefficient (Wildman–Crippen LogP) is 0.356. The van der Waals surface area contributed by atoms with Gasteiger partial charge in [-0.3, -0.25) is 0 Å². The maximum Gasteiger partial charge on any atom is 0.330 e. The van der Waals surface area contributed by atoms with Crippen LogP contribution < -0.4 is 0 Å². The number of carbonyl (C=O) groups is 2. The summed E-state index contributed by atoms with van der Waals surface area (Å²) in [7, 11) is 1.24. The van der Waals surface area contributed by atoms with Crippen LogP contribution in [0.2, 0.25) is 0 Å². The lowest BCUT2D eigenvalue weighted by Gasteiger charge is -1.85. The van der Waals surface area contributed by atoms with Gasteiger partial charge in [-0.05, 0) is 0 Å². The number of hydrogen-bond acceptors (Lipinski definition) is 3. The largest absolute Gasteiger partial charge is 0.478 e. The summed E-state index contributed by atoms with van der Waals surface area (Å²) < 4.78 is 4.25. The second-order valence-corrected chi connectivity index (χ2v) is 1.58. The van der Waals surface area contributed by atoms with E-state index in [9.17, 15) is 9.59 Å². The third-order valence-electron chi connectivity index (χ3n) is 0.783. The fraction of sp³-hybridized carbons (Fsp3) is 0.143. The lowest BCUT2D eigenvalue weighted by atomic mass is 10.4. The first kappa shape index (κ1) is 9.42. The van der Waals surface area contributed by atoms with Crippen molar-refractivity contribution in [2.75, 3.05) is 7.11 Å². The molecule has 0 aromatic rings. The summed E-state index contributed by atoms with van der Waals surface area (Å²) in [5, 5.41) is 8.10. The summed E-state index contributed by atoms with van der Waals surface area (Å²) >= 11 is 0. The summed E-state index contributed by atoms with van der Waals surface area (Å²) in [5.41, 5.74) is 0. The van der Waals surface area contributed by atoms with E-state index in [0.717, 1.165) is 12.2 Å². The van der Waals surface area contributed by atoms with E-state index < -0.39 is 11.9 Å². The molecule has 4 nitrogen and oxygen atoms in total. The van der Waals surface area contributed by atoms with Crippen molar-refractivity contribution in [3.63, 3.8) is 0 Å². The molecule has 4 heteroatoms. The highest BCUT2D eigenvalue weighted by Crippen LogP contribution is 1.80. The fourth-order valence-corrected chi connectivity index (χ4v) is 0.340. The summed E-state index contributed by atoms with van der Waals surface area (Å²) in [6, 6.07) is 0. The maximum atomic E-state index is 10.4. The van der Waals surface area contributed by atoms with Crippen molar-refractivity contribution in [3.8, 4) is 0 Å². The Kier molecular flexibility index (Phi) is 4.47. The molecule has 0 aliphatic heterocycles. The molecular weight excluding hydrogens is 148 g/mol. The predicted molar refractivity (Wildman–Crippen MR) is 37.9 cm³/mol. The number of methoxy groups -OCH3 is 1. The minimum Gasteiger partial charge on any atom is -0.478 e. The number of esters is 1. The zero-order valence-electron chi connectivity index (χ0n) is 5.98. The average molecular weight is 156 g/mol. The van der Waals surface area contributed by atoms with Crippen molar-refractivity contribution < 1.29 is 19.4 Å². The van der Waals surface area contributed by atoms with Gasteiger partial charge in [0.05, 0.1) is 7.11 Å². The van der Waals surface area contributed by atoms with E-state index in [0.29, 0.717) is 0 Å². The minimum atomic E-state index is -1.06. The molecule has 0 rings (SSSR count). The Hall–Kier alpha value is -1.58. The molecule has 0 saturated heterocycles. The maximum absolute atomic E-state index is 10.4. The quantitative estimate of drug-likeness (QED) is 0.364. The SMILES string of the molecule is COC(=O)/C=C/C=C\C(=O)O. The van der Waals surface area contributed by atoms with E-state index in [1.165, 1.54) is 19.3 Å². The van der Waals surface area contributed by atoms with Crippen LogP contribution in [-0.4, -0.2) is 24.2 Å². The molecule has 0 aliphatic rings. The molecule has 0 radical (unpaired) electrons. The number of hydrogen-bond donors (Lipinski definition) is 1. The minimum absolute atomic E-state index is 0.514. The molecule has 0 unspecified atom stereocenters. The zero-order valence-corrected chi connectivity index (χ0v) is 5.98. The van der Waals surface area contributed by atoms with Gasteiger partial charge >= 0.3 is 11.9 Å².